The molecule has 0 bridgehead atoms. The summed E-state index contributed by atoms with van der Waals surface area (Å²) in [7, 11) is 0. The number of amides is 2. The van der Waals surface area contributed by atoms with E-state index in [9.17, 15) is 9.59 Å². The molecule has 16 heavy (non-hydrogen) atoms. The number of rotatable bonds is 4. The molecule has 0 aliphatic heterocycles. The number of aromatic nitrogens is 2. The quantitative estimate of drug-likeness (QED) is 0.730. The maximum Gasteiger partial charge on any atom is 0.329 e. The van der Waals surface area contributed by atoms with Crippen molar-refractivity contribution in [1.82, 2.24) is 14.9 Å². The smallest absolute Gasteiger partial charge is 0.329 e. The van der Waals surface area contributed by atoms with Crippen LogP contribution < -0.4 is 10.6 Å². The van der Waals surface area contributed by atoms with Gasteiger partial charge in [-0.3, -0.25) is 5.32 Å². The summed E-state index contributed by atoms with van der Waals surface area (Å²) in [5.74, 6) is -1.08. The van der Waals surface area contributed by atoms with Crippen LogP contribution in [0.1, 0.15) is 20.3 Å². The van der Waals surface area contributed by atoms with Crippen LogP contribution in [0, 0.1) is 0 Å². The molecule has 1 rings (SSSR count). The average molecular weight is 244 g/mol. The summed E-state index contributed by atoms with van der Waals surface area (Å²) >= 11 is 1.01. The monoisotopic (exact) mass is 244 g/mol. The van der Waals surface area contributed by atoms with E-state index in [1.165, 1.54) is 13.1 Å². The summed E-state index contributed by atoms with van der Waals surface area (Å²) in [5.41, 5.74) is -1.28. The molecule has 1 heterocycles. The van der Waals surface area contributed by atoms with Gasteiger partial charge < -0.3 is 10.4 Å². The van der Waals surface area contributed by atoms with Crippen LogP contribution in [-0.4, -0.2) is 32.2 Å². The minimum atomic E-state index is -1.28. The van der Waals surface area contributed by atoms with Crippen molar-refractivity contribution in [3.8, 4) is 0 Å². The van der Waals surface area contributed by atoms with E-state index < -0.39 is 17.5 Å². The third-order valence-corrected chi connectivity index (χ3v) is 2.75. The van der Waals surface area contributed by atoms with Crippen LogP contribution in [0.15, 0.2) is 6.20 Å². The van der Waals surface area contributed by atoms with Gasteiger partial charge in [-0.25, -0.2) is 9.59 Å². The Hall–Kier alpha value is -1.70. The predicted octanol–water partition coefficient (Wildman–Crippen LogP) is 0.913. The Labute approximate surface area is 96.0 Å². The van der Waals surface area contributed by atoms with E-state index in [1.54, 1.807) is 6.92 Å². The van der Waals surface area contributed by atoms with E-state index in [-0.39, 0.29) is 6.42 Å². The Morgan fingerprint density at radius 2 is 2.31 bits per heavy atom. The van der Waals surface area contributed by atoms with E-state index in [4.69, 9.17) is 5.11 Å². The normalized spacial score (nSPS) is 13.9. The SMILES string of the molecule is CCC(C)(NC(=O)Nc1cnns1)C(=O)O. The summed E-state index contributed by atoms with van der Waals surface area (Å²) < 4.78 is 3.56. The van der Waals surface area contributed by atoms with Gasteiger partial charge in [0.05, 0.1) is 6.20 Å². The fourth-order valence-corrected chi connectivity index (χ4v) is 1.32. The topological polar surface area (TPSA) is 104 Å². The zero-order chi connectivity index (χ0) is 12.2. The van der Waals surface area contributed by atoms with Gasteiger partial charge in [0.1, 0.15) is 10.5 Å². The van der Waals surface area contributed by atoms with Crippen molar-refractivity contribution in [3.63, 3.8) is 0 Å². The lowest BCUT2D eigenvalue weighted by molar-refractivity contribution is -0.143. The molecule has 0 aliphatic carbocycles. The molecular weight excluding hydrogens is 232 g/mol. The minimum absolute atomic E-state index is 0.288. The van der Waals surface area contributed by atoms with Crippen molar-refractivity contribution in [3.05, 3.63) is 6.20 Å². The van der Waals surface area contributed by atoms with Gasteiger partial charge in [0.15, 0.2) is 0 Å². The first-order valence-corrected chi connectivity index (χ1v) is 5.35. The van der Waals surface area contributed by atoms with E-state index in [2.05, 4.69) is 20.2 Å². The Morgan fingerprint density at radius 3 is 2.75 bits per heavy atom. The van der Waals surface area contributed by atoms with Gasteiger partial charge in [0.25, 0.3) is 0 Å². The predicted molar refractivity (Wildman–Crippen MR) is 58.4 cm³/mol. The Bertz CT molecular complexity index is 381. The van der Waals surface area contributed by atoms with Crippen LogP contribution in [0.5, 0.6) is 0 Å². The molecule has 8 heteroatoms. The van der Waals surface area contributed by atoms with Crippen molar-refractivity contribution in [2.24, 2.45) is 0 Å². The number of hydrogen-bond donors (Lipinski definition) is 3. The minimum Gasteiger partial charge on any atom is -0.480 e. The molecule has 1 atom stereocenters. The molecule has 0 radical (unpaired) electrons. The van der Waals surface area contributed by atoms with E-state index in [1.807, 2.05) is 0 Å². The first kappa shape index (κ1) is 12.4. The number of aliphatic carboxylic acids is 1. The maximum absolute atomic E-state index is 11.5. The summed E-state index contributed by atoms with van der Waals surface area (Å²) in [6.07, 6.45) is 1.67. The third-order valence-electron chi connectivity index (χ3n) is 2.17. The van der Waals surface area contributed by atoms with Crippen LogP contribution in [0.25, 0.3) is 0 Å². The standard InChI is InChI=1S/C8H12N4O3S/c1-3-8(2,6(13)14)11-7(15)10-5-4-9-12-16-5/h4H,3H2,1-2H3,(H,13,14)(H2,10,11,15). The van der Waals surface area contributed by atoms with Gasteiger partial charge in [-0.05, 0) is 13.3 Å². The molecule has 1 aromatic heterocycles. The molecule has 0 saturated heterocycles. The fraction of sp³-hybridized carbons (Fsp3) is 0.500. The molecule has 0 fully saturated rings. The van der Waals surface area contributed by atoms with Gasteiger partial charge in [-0.2, -0.15) is 0 Å². The second-order valence-corrected chi connectivity index (χ2v) is 4.14. The number of carbonyl (C=O) groups excluding carboxylic acids is 1. The molecule has 1 unspecified atom stereocenters. The molecule has 7 nitrogen and oxygen atoms in total. The van der Waals surface area contributed by atoms with Gasteiger partial charge in [0.2, 0.25) is 0 Å². The first-order valence-electron chi connectivity index (χ1n) is 4.58. The van der Waals surface area contributed by atoms with Crippen molar-refractivity contribution < 1.29 is 14.7 Å². The van der Waals surface area contributed by atoms with E-state index in [0.29, 0.717) is 5.00 Å². The lowest BCUT2D eigenvalue weighted by atomic mass is 10.00. The number of anilines is 1. The number of hydrogen-bond acceptors (Lipinski definition) is 5. The molecule has 0 aliphatic rings. The second kappa shape index (κ2) is 4.88. The van der Waals surface area contributed by atoms with Crippen LogP contribution in [0.2, 0.25) is 0 Å². The second-order valence-electron chi connectivity index (χ2n) is 3.35. The number of carboxylic acid groups (broad SMARTS) is 1. The number of carbonyl (C=O) groups is 2. The highest BCUT2D eigenvalue weighted by atomic mass is 32.1. The zero-order valence-corrected chi connectivity index (χ0v) is 9.67. The van der Waals surface area contributed by atoms with Crippen LogP contribution in [-0.2, 0) is 4.79 Å². The third kappa shape index (κ3) is 2.89. The van der Waals surface area contributed by atoms with Crippen molar-refractivity contribution in [1.29, 1.82) is 0 Å². The number of urea groups is 1. The average Bonchev–Trinajstić information content (AvgIpc) is 2.69. The van der Waals surface area contributed by atoms with E-state index in [0.717, 1.165) is 11.5 Å². The lowest BCUT2D eigenvalue weighted by Crippen LogP contribution is -2.53. The molecular formula is C8H12N4O3S. The Kier molecular flexibility index (Phi) is 3.78. The highest BCUT2D eigenvalue weighted by Crippen LogP contribution is 2.12. The summed E-state index contributed by atoms with van der Waals surface area (Å²) in [6.45, 7) is 3.13. The van der Waals surface area contributed by atoms with Crippen LogP contribution in [0.4, 0.5) is 9.80 Å². The van der Waals surface area contributed by atoms with Crippen molar-refractivity contribution in [2.45, 2.75) is 25.8 Å². The lowest BCUT2D eigenvalue weighted by Gasteiger charge is -2.24. The molecule has 3 N–H and O–H groups in total. The van der Waals surface area contributed by atoms with Gasteiger partial charge in [0, 0.05) is 11.5 Å². The molecule has 88 valence electrons. The summed E-state index contributed by atoms with van der Waals surface area (Å²) in [5, 5.41) is 17.8. The van der Waals surface area contributed by atoms with Gasteiger partial charge in [-0.1, -0.05) is 11.4 Å². The summed E-state index contributed by atoms with van der Waals surface area (Å²) in [4.78, 5) is 22.4. The number of carboxylic acids is 1. The molecule has 2 amide bonds. The Morgan fingerprint density at radius 1 is 1.62 bits per heavy atom. The highest BCUT2D eigenvalue weighted by Gasteiger charge is 2.32. The maximum atomic E-state index is 11.5. The highest BCUT2D eigenvalue weighted by molar-refractivity contribution is 7.10. The van der Waals surface area contributed by atoms with Crippen molar-refractivity contribution in [2.75, 3.05) is 5.32 Å². The van der Waals surface area contributed by atoms with Gasteiger partial charge >= 0.3 is 12.0 Å². The van der Waals surface area contributed by atoms with Gasteiger partial charge in [-0.15, -0.1) is 5.10 Å². The molecule has 0 aromatic carbocycles. The summed E-state index contributed by atoms with van der Waals surface area (Å²) in [6, 6.07) is -0.585. The molecule has 0 saturated carbocycles. The first-order chi connectivity index (χ1) is 7.48. The van der Waals surface area contributed by atoms with E-state index >= 15 is 0 Å². The largest absolute Gasteiger partial charge is 0.480 e. The van der Waals surface area contributed by atoms with Crippen molar-refractivity contribution >= 4 is 28.5 Å². The number of nitrogens with zero attached hydrogens (tertiary/aromatic N) is 2. The van der Waals surface area contributed by atoms with Crippen LogP contribution >= 0.6 is 11.5 Å². The Balaban J connectivity index is 2.60. The molecule has 1 aromatic rings. The van der Waals surface area contributed by atoms with Crippen LogP contribution in [0.3, 0.4) is 0 Å². The molecule has 0 spiro atoms. The zero-order valence-electron chi connectivity index (χ0n) is 8.85. The number of nitrogens with one attached hydrogen (secondary N) is 2. The fourth-order valence-electron chi connectivity index (χ4n) is 0.909.